The summed E-state index contributed by atoms with van der Waals surface area (Å²) in [7, 11) is -3.89. The van der Waals surface area contributed by atoms with Crippen molar-refractivity contribution in [2.24, 2.45) is 0 Å². The summed E-state index contributed by atoms with van der Waals surface area (Å²) in [6.07, 6.45) is -0.627. The van der Waals surface area contributed by atoms with Crippen LogP contribution >= 0.6 is 0 Å². The molecule has 0 radical (unpaired) electrons. The van der Waals surface area contributed by atoms with Gasteiger partial charge < -0.3 is 10.1 Å². The number of ether oxygens (including phenoxy) is 1. The zero-order valence-electron chi connectivity index (χ0n) is 10.7. The highest BCUT2D eigenvalue weighted by atomic mass is 32.2. The van der Waals surface area contributed by atoms with Gasteiger partial charge in [0.1, 0.15) is 5.75 Å². The summed E-state index contributed by atoms with van der Waals surface area (Å²) in [5.74, 6) is -0.120. The highest BCUT2D eigenvalue weighted by Crippen LogP contribution is 2.32. The molecule has 2 aromatic rings. The molecule has 110 valence electrons. The molecule has 0 fully saturated rings. The first-order valence-electron chi connectivity index (χ1n) is 5.83. The number of amides is 1. The summed E-state index contributed by atoms with van der Waals surface area (Å²) in [5.41, 5.74) is 0.286. The van der Waals surface area contributed by atoms with Gasteiger partial charge in [-0.25, -0.2) is 13.1 Å². The van der Waals surface area contributed by atoms with E-state index >= 15 is 0 Å². The number of hydrogen-bond acceptors (Lipinski definition) is 7. The first-order valence-corrected chi connectivity index (χ1v) is 7.32. The van der Waals surface area contributed by atoms with Crippen LogP contribution in [0, 0.1) is 0 Å². The number of aromatic nitrogens is 4. The predicted octanol–water partition coefficient (Wildman–Crippen LogP) is -0.280. The Hall–Kier alpha value is -2.69. The molecule has 0 saturated heterocycles. The van der Waals surface area contributed by atoms with E-state index in [1.165, 1.54) is 18.2 Å². The molecule has 21 heavy (non-hydrogen) atoms. The van der Waals surface area contributed by atoms with Crippen molar-refractivity contribution in [1.82, 2.24) is 20.6 Å². The van der Waals surface area contributed by atoms with E-state index in [2.05, 4.69) is 30.7 Å². The smallest absolute Gasteiger partial charge is 0.276 e. The molecule has 1 amide bonds. The summed E-state index contributed by atoms with van der Waals surface area (Å²) >= 11 is 0. The van der Waals surface area contributed by atoms with Gasteiger partial charge in [-0.1, -0.05) is 5.10 Å². The molecule has 1 aromatic carbocycles. The van der Waals surface area contributed by atoms with Crippen LogP contribution in [0.2, 0.25) is 0 Å². The summed E-state index contributed by atoms with van der Waals surface area (Å²) in [5, 5.41) is 15.0. The zero-order chi connectivity index (χ0) is 15.0. The average molecular weight is 310 g/mol. The predicted molar refractivity (Wildman–Crippen MR) is 70.1 cm³/mol. The molecule has 10 nitrogen and oxygen atoms in total. The van der Waals surface area contributed by atoms with Crippen molar-refractivity contribution < 1.29 is 17.9 Å². The van der Waals surface area contributed by atoms with Crippen LogP contribution < -0.4 is 14.8 Å². The summed E-state index contributed by atoms with van der Waals surface area (Å²) < 4.78 is 31.8. The minimum absolute atomic E-state index is 0.0653. The van der Waals surface area contributed by atoms with Gasteiger partial charge in [-0.15, -0.1) is 5.10 Å². The van der Waals surface area contributed by atoms with Crippen LogP contribution in [0.1, 0.15) is 6.92 Å². The van der Waals surface area contributed by atoms with Gasteiger partial charge in [0, 0.05) is 0 Å². The van der Waals surface area contributed by atoms with E-state index in [9.17, 15) is 13.2 Å². The number of rotatable bonds is 3. The zero-order valence-corrected chi connectivity index (χ0v) is 11.5. The second-order valence-corrected chi connectivity index (χ2v) is 5.93. The Balaban J connectivity index is 1.93. The lowest BCUT2D eigenvalue weighted by atomic mass is 10.2. The van der Waals surface area contributed by atoms with Crippen LogP contribution in [0.4, 0.5) is 11.6 Å². The Morgan fingerprint density at radius 3 is 2.90 bits per heavy atom. The molecular formula is C10H10N6O4S. The standard InChI is InChI=1S/C10H10N6O4S/c1-5-9(17)11-7-4-6(2-3-8(7)20-5)21(18,19)14-10-12-15-16-13-10/h2-5H,1H3,(H,11,17)(H2,12,13,14,15,16)/t5-/m1/s1. The normalized spacial score (nSPS) is 17.6. The largest absolute Gasteiger partial charge is 0.479 e. The number of nitrogens with one attached hydrogen (secondary N) is 3. The fourth-order valence-electron chi connectivity index (χ4n) is 1.74. The van der Waals surface area contributed by atoms with Crippen molar-refractivity contribution in [3.05, 3.63) is 18.2 Å². The third kappa shape index (κ3) is 2.50. The molecule has 0 unspecified atom stereocenters. The number of sulfonamides is 1. The Labute approximate surface area is 118 Å². The Morgan fingerprint density at radius 2 is 2.19 bits per heavy atom. The molecule has 3 N–H and O–H groups in total. The van der Waals surface area contributed by atoms with Gasteiger partial charge in [-0.3, -0.25) is 4.79 Å². The second kappa shape index (κ2) is 4.70. The van der Waals surface area contributed by atoms with Crippen molar-refractivity contribution in [3.8, 4) is 5.75 Å². The highest BCUT2D eigenvalue weighted by Gasteiger charge is 2.26. The Morgan fingerprint density at radius 1 is 1.38 bits per heavy atom. The molecule has 1 atom stereocenters. The fourth-order valence-corrected chi connectivity index (χ4v) is 2.70. The quantitative estimate of drug-likeness (QED) is 0.708. The average Bonchev–Trinajstić information content (AvgIpc) is 2.91. The van der Waals surface area contributed by atoms with Crippen LogP contribution in [0.5, 0.6) is 5.75 Å². The maximum Gasteiger partial charge on any atom is 0.276 e. The topological polar surface area (TPSA) is 139 Å². The molecule has 0 aliphatic carbocycles. The monoisotopic (exact) mass is 310 g/mol. The van der Waals surface area contributed by atoms with E-state index in [4.69, 9.17) is 4.74 Å². The van der Waals surface area contributed by atoms with E-state index < -0.39 is 16.1 Å². The molecule has 0 bridgehead atoms. The molecule has 0 spiro atoms. The van der Waals surface area contributed by atoms with Gasteiger partial charge in [0.25, 0.3) is 21.9 Å². The summed E-state index contributed by atoms with van der Waals surface area (Å²) in [6, 6.07) is 4.11. The third-order valence-corrected chi connectivity index (χ3v) is 4.09. The maximum absolute atomic E-state index is 12.1. The molecule has 1 aromatic heterocycles. The number of anilines is 2. The number of aromatic amines is 1. The summed E-state index contributed by atoms with van der Waals surface area (Å²) in [4.78, 5) is 11.5. The number of nitrogens with zero attached hydrogens (tertiary/aromatic N) is 3. The number of benzene rings is 1. The second-order valence-electron chi connectivity index (χ2n) is 4.25. The molecular weight excluding hydrogens is 300 g/mol. The Kier molecular flexibility index (Phi) is 2.97. The molecule has 1 aliphatic rings. The SMILES string of the molecule is C[C@H]1Oc2ccc(S(=O)(=O)Nc3nn[nH]n3)cc2NC1=O. The van der Waals surface area contributed by atoms with Crippen molar-refractivity contribution >= 4 is 27.6 Å². The van der Waals surface area contributed by atoms with Gasteiger partial charge in [-0.2, -0.15) is 5.21 Å². The van der Waals surface area contributed by atoms with Gasteiger partial charge in [0.05, 0.1) is 10.6 Å². The first kappa shape index (κ1) is 13.3. The molecule has 11 heteroatoms. The van der Waals surface area contributed by atoms with Gasteiger partial charge in [0.15, 0.2) is 6.10 Å². The van der Waals surface area contributed by atoms with Crippen molar-refractivity contribution in [2.75, 3.05) is 10.0 Å². The number of carbonyl (C=O) groups is 1. The molecule has 1 aliphatic heterocycles. The number of fused-ring (bicyclic) bond motifs is 1. The van der Waals surface area contributed by atoms with Gasteiger partial charge >= 0.3 is 0 Å². The van der Waals surface area contributed by atoms with E-state index in [-0.39, 0.29) is 22.4 Å². The fraction of sp³-hybridized carbons (Fsp3) is 0.200. The lowest BCUT2D eigenvalue weighted by Crippen LogP contribution is -2.34. The molecule has 2 heterocycles. The van der Waals surface area contributed by atoms with Crippen molar-refractivity contribution in [1.29, 1.82) is 0 Å². The molecule has 3 rings (SSSR count). The van der Waals surface area contributed by atoms with Crippen LogP contribution in [0.3, 0.4) is 0 Å². The summed E-state index contributed by atoms with van der Waals surface area (Å²) in [6.45, 7) is 1.60. The first-order chi connectivity index (χ1) is 9.95. The van der Waals surface area contributed by atoms with Crippen LogP contribution in [0.25, 0.3) is 0 Å². The van der Waals surface area contributed by atoms with Crippen LogP contribution in [-0.4, -0.2) is 41.1 Å². The maximum atomic E-state index is 12.1. The van der Waals surface area contributed by atoms with E-state index in [1.807, 2.05) is 0 Å². The number of H-pyrrole nitrogens is 1. The van der Waals surface area contributed by atoms with E-state index in [0.717, 1.165) is 0 Å². The van der Waals surface area contributed by atoms with Crippen molar-refractivity contribution in [3.63, 3.8) is 0 Å². The lowest BCUT2D eigenvalue weighted by molar-refractivity contribution is -0.122. The lowest BCUT2D eigenvalue weighted by Gasteiger charge is -2.23. The van der Waals surface area contributed by atoms with E-state index in [0.29, 0.717) is 5.75 Å². The van der Waals surface area contributed by atoms with Crippen LogP contribution in [-0.2, 0) is 14.8 Å². The number of carbonyl (C=O) groups excluding carboxylic acids is 1. The minimum atomic E-state index is -3.89. The van der Waals surface area contributed by atoms with Gasteiger partial charge in [-0.05, 0) is 30.3 Å². The van der Waals surface area contributed by atoms with E-state index in [1.54, 1.807) is 6.92 Å². The Bertz CT molecular complexity index is 788. The third-order valence-electron chi connectivity index (χ3n) is 2.76. The van der Waals surface area contributed by atoms with Crippen molar-refractivity contribution in [2.45, 2.75) is 17.9 Å². The van der Waals surface area contributed by atoms with Gasteiger partial charge in [0.2, 0.25) is 0 Å². The number of tetrazole rings is 1. The highest BCUT2D eigenvalue weighted by molar-refractivity contribution is 7.92. The number of hydrogen-bond donors (Lipinski definition) is 3. The van der Waals surface area contributed by atoms with Crippen LogP contribution in [0.15, 0.2) is 23.1 Å². The minimum Gasteiger partial charge on any atom is -0.479 e. The molecule has 0 saturated carbocycles.